The molecule has 5 heteroatoms. The molecule has 2 aromatic rings. The maximum absolute atomic E-state index is 13.3. The van der Waals surface area contributed by atoms with Gasteiger partial charge in [0.1, 0.15) is 0 Å². The van der Waals surface area contributed by atoms with E-state index in [-0.39, 0.29) is 25.1 Å². The lowest BCUT2D eigenvalue weighted by atomic mass is 10.0. The van der Waals surface area contributed by atoms with Gasteiger partial charge in [0, 0.05) is 30.6 Å². The van der Waals surface area contributed by atoms with E-state index in [2.05, 4.69) is 17.1 Å². The number of rotatable bonds is 2. The summed E-state index contributed by atoms with van der Waals surface area (Å²) in [4.78, 5) is 16.8. The fraction of sp³-hybridized carbons (Fsp3) is 0.471. The predicted octanol–water partition coefficient (Wildman–Crippen LogP) is 2.86. The third kappa shape index (κ3) is 2.43. The lowest BCUT2D eigenvalue weighted by Crippen LogP contribution is -2.27. The van der Waals surface area contributed by atoms with Crippen LogP contribution in [0.3, 0.4) is 0 Å². The normalized spacial score (nSPS) is 20.6. The zero-order valence-electron chi connectivity index (χ0n) is 12.3. The van der Waals surface area contributed by atoms with E-state index in [0.717, 1.165) is 30.2 Å². The number of fused-ring (bicyclic) bond motifs is 2. The van der Waals surface area contributed by atoms with Gasteiger partial charge < -0.3 is 4.98 Å². The van der Waals surface area contributed by atoms with Crippen LogP contribution in [-0.2, 0) is 19.4 Å². The average molecular weight is 304 g/mol. The number of hydrogen-bond donors (Lipinski definition) is 1. The number of H-pyrrole nitrogens is 1. The standard InChI is InChI=1S/C17H18F2N2O/c18-17(19)4-5-21(10-17)9-14-7-13-6-11-2-1-3-12(11)8-15(13)20-16(14)22/h6-8H,1-5,9-10H2,(H,20,22). The van der Waals surface area contributed by atoms with Gasteiger partial charge >= 0.3 is 0 Å². The summed E-state index contributed by atoms with van der Waals surface area (Å²) in [5, 5.41) is 1.00. The highest BCUT2D eigenvalue weighted by atomic mass is 19.3. The van der Waals surface area contributed by atoms with Crippen LogP contribution in [0.25, 0.3) is 10.9 Å². The number of aromatic amines is 1. The summed E-state index contributed by atoms with van der Waals surface area (Å²) in [6.07, 6.45) is 3.19. The number of pyridine rings is 1. The second-order valence-electron chi connectivity index (χ2n) is 6.50. The van der Waals surface area contributed by atoms with E-state index in [1.165, 1.54) is 11.1 Å². The number of aryl methyl sites for hydroxylation is 2. The largest absolute Gasteiger partial charge is 0.322 e. The molecule has 0 spiro atoms. The van der Waals surface area contributed by atoms with Gasteiger partial charge in [-0.15, -0.1) is 0 Å². The first-order valence-electron chi connectivity index (χ1n) is 7.78. The van der Waals surface area contributed by atoms with Gasteiger partial charge in [-0.2, -0.15) is 0 Å². The van der Waals surface area contributed by atoms with Crippen LogP contribution in [-0.4, -0.2) is 28.9 Å². The molecule has 1 N–H and O–H groups in total. The first-order chi connectivity index (χ1) is 10.5. The molecule has 0 amide bonds. The number of halogens is 2. The number of likely N-dealkylation sites (tertiary alicyclic amines) is 1. The van der Waals surface area contributed by atoms with Crippen molar-refractivity contribution in [1.82, 2.24) is 9.88 Å². The minimum atomic E-state index is -2.62. The van der Waals surface area contributed by atoms with Crippen molar-refractivity contribution in [3.05, 3.63) is 45.2 Å². The van der Waals surface area contributed by atoms with Gasteiger partial charge in [-0.1, -0.05) is 0 Å². The summed E-state index contributed by atoms with van der Waals surface area (Å²) < 4.78 is 26.5. The fourth-order valence-electron chi connectivity index (χ4n) is 3.63. The Morgan fingerprint density at radius 1 is 1.18 bits per heavy atom. The van der Waals surface area contributed by atoms with E-state index >= 15 is 0 Å². The van der Waals surface area contributed by atoms with Crippen molar-refractivity contribution in [3.63, 3.8) is 0 Å². The second-order valence-corrected chi connectivity index (χ2v) is 6.50. The molecule has 1 aromatic heterocycles. The Kier molecular flexibility index (Phi) is 3.08. The molecule has 116 valence electrons. The van der Waals surface area contributed by atoms with Crippen LogP contribution in [0.1, 0.15) is 29.5 Å². The topological polar surface area (TPSA) is 36.1 Å². The molecule has 0 radical (unpaired) electrons. The molecule has 4 rings (SSSR count). The third-order valence-electron chi connectivity index (χ3n) is 4.78. The van der Waals surface area contributed by atoms with Crippen molar-refractivity contribution in [2.45, 2.75) is 38.2 Å². The van der Waals surface area contributed by atoms with Gasteiger partial charge in [0.05, 0.1) is 6.54 Å². The summed E-state index contributed by atoms with van der Waals surface area (Å²) in [5.74, 6) is -2.62. The molecule has 1 aromatic carbocycles. The maximum atomic E-state index is 13.3. The Bertz CT molecular complexity index is 797. The van der Waals surface area contributed by atoms with Crippen molar-refractivity contribution >= 4 is 10.9 Å². The Hall–Kier alpha value is -1.75. The minimum Gasteiger partial charge on any atom is -0.322 e. The third-order valence-corrected chi connectivity index (χ3v) is 4.78. The molecule has 0 bridgehead atoms. The summed E-state index contributed by atoms with van der Waals surface area (Å²) in [5.41, 5.74) is 3.92. The first kappa shape index (κ1) is 13.9. The van der Waals surface area contributed by atoms with E-state index in [1.807, 2.05) is 6.07 Å². The molecule has 0 atom stereocenters. The highest BCUT2D eigenvalue weighted by Gasteiger charge is 2.38. The van der Waals surface area contributed by atoms with Crippen LogP contribution in [0.5, 0.6) is 0 Å². The van der Waals surface area contributed by atoms with E-state index in [9.17, 15) is 13.6 Å². The lowest BCUT2D eigenvalue weighted by molar-refractivity contribution is 0.0115. The zero-order valence-corrected chi connectivity index (χ0v) is 12.3. The summed E-state index contributed by atoms with van der Waals surface area (Å²) in [6.45, 7) is 0.376. The molecule has 1 saturated heterocycles. The summed E-state index contributed by atoms with van der Waals surface area (Å²) in [7, 11) is 0. The molecule has 1 aliphatic carbocycles. The molecule has 0 unspecified atom stereocenters. The maximum Gasteiger partial charge on any atom is 0.261 e. The van der Waals surface area contributed by atoms with E-state index < -0.39 is 5.92 Å². The molecular formula is C17H18F2N2O. The van der Waals surface area contributed by atoms with Gasteiger partial charge in [0.15, 0.2) is 0 Å². The highest BCUT2D eigenvalue weighted by Crippen LogP contribution is 2.29. The SMILES string of the molecule is O=c1[nH]c2cc3c(cc2cc1CN1CCC(F)(F)C1)CCC3. The number of benzene rings is 1. The Morgan fingerprint density at radius 3 is 2.68 bits per heavy atom. The van der Waals surface area contributed by atoms with Crippen LogP contribution in [0.4, 0.5) is 8.78 Å². The highest BCUT2D eigenvalue weighted by molar-refractivity contribution is 5.81. The van der Waals surface area contributed by atoms with Gasteiger partial charge in [-0.25, -0.2) is 8.78 Å². The molecule has 1 fully saturated rings. The number of hydrogen-bond acceptors (Lipinski definition) is 2. The Balaban J connectivity index is 1.68. The van der Waals surface area contributed by atoms with Crippen LogP contribution >= 0.6 is 0 Å². The zero-order chi connectivity index (χ0) is 15.3. The van der Waals surface area contributed by atoms with Crippen LogP contribution in [0.15, 0.2) is 23.0 Å². The average Bonchev–Trinajstić information content (AvgIpc) is 3.03. The summed E-state index contributed by atoms with van der Waals surface area (Å²) >= 11 is 0. The molecule has 2 heterocycles. The Morgan fingerprint density at radius 2 is 1.95 bits per heavy atom. The first-order valence-corrected chi connectivity index (χ1v) is 7.78. The van der Waals surface area contributed by atoms with E-state index in [4.69, 9.17) is 0 Å². The monoisotopic (exact) mass is 304 g/mol. The number of alkyl halides is 2. The van der Waals surface area contributed by atoms with E-state index in [0.29, 0.717) is 12.1 Å². The van der Waals surface area contributed by atoms with Gasteiger partial charge in [0.25, 0.3) is 11.5 Å². The Labute approximate surface area is 126 Å². The quantitative estimate of drug-likeness (QED) is 0.926. The van der Waals surface area contributed by atoms with Crippen molar-refractivity contribution in [1.29, 1.82) is 0 Å². The number of nitrogens with zero attached hydrogens (tertiary/aromatic N) is 1. The molecule has 3 nitrogen and oxygen atoms in total. The molecule has 0 saturated carbocycles. The molecular weight excluding hydrogens is 286 g/mol. The number of aromatic nitrogens is 1. The van der Waals surface area contributed by atoms with Gasteiger partial charge in [0.2, 0.25) is 0 Å². The van der Waals surface area contributed by atoms with Crippen LogP contribution < -0.4 is 5.56 Å². The van der Waals surface area contributed by atoms with Crippen LogP contribution in [0, 0.1) is 0 Å². The van der Waals surface area contributed by atoms with Gasteiger partial charge in [-0.05, 0) is 54.0 Å². The van der Waals surface area contributed by atoms with Crippen molar-refractivity contribution in [2.24, 2.45) is 0 Å². The van der Waals surface area contributed by atoms with Gasteiger partial charge in [-0.3, -0.25) is 9.69 Å². The smallest absolute Gasteiger partial charge is 0.261 e. The predicted molar refractivity (Wildman–Crippen MR) is 81.4 cm³/mol. The fourth-order valence-corrected chi connectivity index (χ4v) is 3.63. The molecule has 2 aliphatic rings. The number of nitrogens with one attached hydrogen (secondary N) is 1. The lowest BCUT2D eigenvalue weighted by Gasteiger charge is -2.15. The van der Waals surface area contributed by atoms with Crippen molar-refractivity contribution in [3.8, 4) is 0 Å². The second kappa shape index (κ2) is 4.88. The summed E-state index contributed by atoms with van der Waals surface area (Å²) in [6, 6.07) is 6.06. The van der Waals surface area contributed by atoms with Crippen molar-refractivity contribution in [2.75, 3.05) is 13.1 Å². The minimum absolute atomic E-state index is 0.119. The van der Waals surface area contributed by atoms with E-state index in [1.54, 1.807) is 4.90 Å². The van der Waals surface area contributed by atoms with Crippen molar-refractivity contribution < 1.29 is 8.78 Å². The molecule has 22 heavy (non-hydrogen) atoms. The van der Waals surface area contributed by atoms with Crippen LogP contribution in [0.2, 0.25) is 0 Å². The molecule has 1 aliphatic heterocycles.